The van der Waals surface area contributed by atoms with Crippen molar-refractivity contribution >= 4 is 34.2 Å². The van der Waals surface area contributed by atoms with Crippen LogP contribution < -0.4 is 10.5 Å². The Bertz CT molecular complexity index is 929. The lowest BCUT2D eigenvalue weighted by Crippen LogP contribution is -2.24. The van der Waals surface area contributed by atoms with Gasteiger partial charge in [-0.3, -0.25) is 9.59 Å². The van der Waals surface area contributed by atoms with Gasteiger partial charge >= 0.3 is 0 Å². The smallest absolute Gasteiger partial charge is 0.289 e. The highest BCUT2D eigenvalue weighted by Gasteiger charge is 2.24. The van der Waals surface area contributed by atoms with Crippen molar-refractivity contribution in [2.24, 2.45) is 12.8 Å². The summed E-state index contributed by atoms with van der Waals surface area (Å²) in [6.45, 7) is 0.126. The standard InChI is InChI=1S/C18H15ClN2O3/c1-21-14-5-3-2-4-13(14)16(17(22)18(20)23)15(21)10-24-12-8-6-11(19)7-9-12/h2-9H,10H2,1H3,(H2,20,23). The Balaban J connectivity index is 2.04. The predicted molar refractivity (Wildman–Crippen MR) is 92.2 cm³/mol. The monoisotopic (exact) mass is 342 g/mol. The Labute approximate surface area is 143 Å². The molecule has 5 nitrogen and oxygen atoms in total. The van der Waals surface area contributed by atoms with Crippen LogP contribution in [-0.2, 0) is 18.4 Å². The van der Waals surface area contributed by atoms with E-state index < -0.39 is 11.7 Å². The molecule has 0 atom stereocenters. The number of aryl methyl sites for hydroxylation is 1. The number of fused-ring (bicyclic) bond motifs is 1. The van der Waals surface area contributed by atoms with E-state index in [1.165, 1.54) is 0 Å². The van der Waals surface area contributed by atoms with Gasteiger partial charge in [-0.25, -0.2) is 0 Å². The van der Waals surface area contributed by atoms with Crippen molar-refractivity contribution in [2.45, 2.75) is 6.61 Å². The molecular formula is C18H15ClN2O3. The molecule has 3 aromatic rings. The Hall–Kier alpha value is -2.79. The molecule has 0 unspecified atom stereocenters. The molecule has 0 radical (unpaired) electrons. The Morgan fingerprint density at radius 2 is 1.79 bits per heavy atom. The summed E-state index contributed by atoms with van der Waals surface area (Å²) in [7, 11) is 1.82. The average molecular weight is 343 g/mol. The molecule has 0 bridgehead atoms. The fraction of sp³-hybridized carbons (Fsp3) is 0.111. The van der Waals surface area contributed by atoms with Gasteiger partial charge in [0.1, 0.15) is 12.4 Å². The molecule has 122 valence electrons. The summed E-state index contributed by atoms with van der Waals surface area (Å²) in [6.07, 6.45) is 0. The van der Waals surface area contributed by atoms with Crippen molar-refractivity contribution in [2.75, 3.05) is 0 Å². The summed E-state index contributed by atoms with van der Waals surface area (Å²) in [4.78, 5) is 23.7. The molecule has 3 rings (SSSR count). The van der Waals surface area contributed by atoms with Crippen molar-refractivity contribution in [1.82, 2.24) is 4.57 Å². The minimum absolute atomic E-state index is 0.126. The van der Waals surface area contributed by atoms with Crippen LogP contribution in [0.25, 0.3) is 10.9 Å². The summed E-state index contributed by atoms with van der Waals surface area (Å²) < 4.78 is 7.58. The minimum Gasteiger partial charge on any atom is -0.487 e. The highest BCUT2D eigenvalue weighted by molar-refractivity contribution is 6.44. The second kappa shape index (κ2) is 6.37. The van der Waals surface area contributed by atoms with Gasteiger partial charge in [0.2, 0.25) is 0 Å². The number of benzene rings is 2. The van der Waals surface area contributed by atoms with E-state index in [2.05, 4.69) is 0 Å². The third-order valence-electron chi connectivity index (χ3n) is 3.87. The maximum absolute atomic E-state index is 12.3. The number of ether oxygens (including phenoxy) is 1. The maximum Gasteiger partial charge on any atom is 0.289 e. The highest BCUT2D eigenvalue weighted by Crippen LogP contribution is 2.27. The summed E-state index contributed by atoms with van der Waals surface area (Å²) in [5.74, 6) is -1.09. The normalized spacial score (nSPS) is 10.8. The number of nitrogens with zero attached hydrogens (tertiary/aromatic N) is 1. The van der Waals surface area contributed by atoms with Gasteiger partial charge in [0.05, 0.1) is 11.3 Å². The van der Waals surface area contributed by atoms with Crippen molar-refractivity contribution in [3.63, 3.8) is 0 Å². The number of carbonyl (C=O) groups is 2. The van der Waals surface area contributed by atoms with E-state index in [4.69, 9.17) is 22.1 Å². The van der Waals surface area contributed by atoms with E-state index in [-0.39, 0.29) is 12.2 Å². The zero-order valence-corrected chi connectivity index (χ0v) is 13.7. The van der Waals surface area contributed by atoms with Gasteiger partial charge < -0.3 is 15.0 Å². The molecule has 0 aliphatic carbocycles. The number of hydrogen-bond donors (Lipinski definition) is 1. The molecule has 6 heteroatoms. The topological polar surface area (TPSA) is 74.3 Å². The molecule has 0 aliphatic heterocycles. The van der Waals surface area contributed by atoms with Crippen LogP contribution >= 0.6 is 11.6 Å². The average Bonchev–Trinajstić information content (AvgIpc) is 2.86. The molecule has 1 aromatic heterocycles. The van der Waals surface area contributed by atoms with Gasteiger partial charge in [0, 0.05) is 23.0 Å². The Morgan fingerprint density at radius 3 is 2.46 bits per heavy atom. The highest BCUT2D eigenvalue weighted by atomic mass is 35.5. The van der Waals surface area contributed by atoms with Gasteiger partial charge in [0.25, 0.3) is 11.7 Å². The first-order valence-corrected chi connectivity index (χ1v) is 7.65. The summed E-state index contributed by atoms with van der Waals surface area (Å²) in [5, 5.41) is 1.29. The number of amides is 1. The van der Waals surface area contributed by atoms with Crippen molar-refractivity contribution in [3.8, 4) is 5.75 Å². The number of rotatable bonds is 5. The molecule has 0 saturated carbocycles. The second-order valence-electron chi connectivity index (χ2n) is 5.33. The number of nitrogens with two attached hydrogens (primary N) is 1. The third kappa shape index (κ3) is 2.86. The number of hydrogen-bond acceptors (Lipinski definition) is 3. The lowest BCUT2D eigenvalue weighted by molar-refractivity contribution is -0.114. The van der Waals surface area contributed by atoms with Crippen LogP contribution in [0.1, 0.15) is 16.1 Å². The molecule has 2 aromatic carbocycles. The molecule has 1 heterocycles. The fourth-order valence-corrected chi connectivity index (χ4v) is 2.80. The van der Waals surface area contributed by atoms with E-state index in [9.17, 15) is 9.59 Å². The van der Waals surface area contributed by atoms with Crippen LogP contribution in [0.3, 0.4) is 0 Å². The van der Waals surface area contributed by atoms with Crippen LogP contribution in [-0.4, -0.2) is 16.3 Å². The van der Waals surface area contributed by atoms with Crippen molar-refractivity contribution < 1.29 is 14.3 Å². The lowest BCUT2D eigenvalue weighted by Gasteiger charge is -2.09. The van der Waals surface area contributed by atoms with Crippen molar-refractivity contribution in [1.29, 1.82) is 0 Å². The van der Waals surface area contributed by atoms with Crippen LogP contribution in [0.2, 0.25) is 5.02 Å². The first kappa shape index (κ1) is 16.1. The van der Waals surface area contributed by atoms with E-state index in [0.717, 1.165) is 5.52 Å². The molecule has 0 fully saturated rings. The fourth-order valence-electron chi connectivity index (χ4n) is 2.67. The number of ketones is 1. The van der Waals surface area contributed by atoms with Crippen molar-refractivity contribution in [3.05, 3.63) is 64.8 Å². The van der Waals surface area contributed by atoms with Gasteiger partial charge in [-0.2, -0.15) is 0 Å². The molecule has 0 spiro atoms. The molecule has 1 amide bonds. The van der Waals surface area contributed by atoms with Gasteiger partial charge in [0.15, 0.2) is 0 Å². The van der Waals surface area contributed by atoms with E-state index >= 15 is 0 Å². The number of Topliss-reactive ketones (excluding diaryl/α,β-unsaturated/α-hetero) is 1. The quantitative estimate of drug-likeness (QED) is 0.572. The second-order valence-corrected chi connectivity index (χ2v) is 5.77. The first-order chi connectivity index (χ1) is 11.5. The summed E-state index contributed by atoms with van der Waals surface area (Å²) in [5.41, 5.74) is 6.92. The van der Waals surface area contributed by atoms with Gasteiger partial charge in [-0.15, -0.1) is 0 Å². The zero-order chi connectivity index (χ0) is 17.3. The first-order valence-electron chi connectivity index (χ1n) is 7.28. The number of para-hydroxylation sites is 1. The molecule has 0 saturated heterocycles. The minimum atomic E-state index is -0.987. The van der Waals surface area contributed by atoms with Crippen LogP contribution in [0.5, 0.6) is 5.75 Å². The lowest BCUT2D eigenvalue weighted by atomic mass is 10.1. The van der Waals surface area contributed by atoms with E-state index in [1.54, 1.807) is 30.3 Å². The largest absolute Gasteiger partial charge is 0.487 e. The Kier molecular flexibility index (Phi) is 4.27. The van der Waals surface area contributed by atoms with Crippen LogP contribution in [0, 0.1) is 0 Å². The van der Waals surface area contributed by atoms with Gasteiger partial charge in [-0.05, 0) is 30.3 Å². The number of primary amides is 1. The Morgan fingerprint density at radius 1 is 1.12 bits per heavy atom. The number of carbonyl (C=O) groups excluding carboxylic acids is 2. The van der Waals surface area contributed by atoms with E-state index in [1.807, 2.05) is 29.8 Å². The zero-order valence-electron chi connectivity index (χ0n) is 13.0. The van der Waals surface area contributed by atoms with Gasteiger partial charge in [-0.1, -0.05) is 29.8 Å². The summed E-state index contributed by atoms with van der Waals surface area (Å²) >= 11 is 5.85. The van der Waals surface area contributed by atoms with Crippen LogP contribution in [0.15, 0.2) is 48.5 Å². The van der Waals surface area contributed by atoms with Crippen LogP contribution in [0.4, 0.5) is 0 Å². The molecular weight excluding hydrogens is 328 g/mol. The van der Waals surface area contributed by atoms with E-state index in [0.29, 0.717) is 21.9 Å². The number of halogens is 1. The molecule has 0 aliphatic rings. The number of aromatic nitrogens is 1. The predicted octanol–water partition coefficient (Wildman–Crippen LogP) is 3.08. The maximum atomic E-state index is 12.3. The summed E-state index contributed by atoms with van der Waals surface area (Å²) in [6, 6.07) is 14.2. The molecule has 24 heavy (non-hydrogen) atoms. The SMILES string of the molecule is Cn1c(COc2ccc(Cl)cc2)c(C(=O)C(N)=O)c2ccccc21. The molecule has 2 N–H and O–H groups in total. The third-order valence-corrected chi connectivity index (χ3v) is 4.12.